The average molecular weight is 543 g/mol. The predicted octanol–water partition coefficient (Wildman–Crippen LogP) is 8.13. The summed E-state index contributed by atoms with van der Waals surface area (Å²) in [6.07, 6.45) is 13.9. The van der Waals surface area contributed by atoms with Crippen molar-refractivity contribution in [1.82, 2.24) is 10.3 Å². The average Bonchev–Trinajstić information content (AvgIpc) is 3.36. The Morgan fingerprint density at radius 3 is 2.24 bits per heavy atom. The number of aryl methyl sites for hydroxylation is 1. The smallest absolute Gasteiger partial charge is 0.337 e. The van der Waals surface area contributed by atoms with Gasteiger partial charge >= 0.3 is 5.97 Å². The molecule has 0 radical (unpaired) electrons. The topological polar surface area (TPSA) is 85.3 Å². The monoisotopic (exact) mass is 542 g/mol. The molecule has 1 aliphatic carbocycles. The van der Waals surface area contributed by atoms with E-state index in [4.69, 9.17) is 16.7 Å². The van der Waals surface area contributed by atoms with Gasteiger partial charge in [-0.05, 0) is 49.9 Å². The van der Waals surface area contributed by atoms with Gasteiger partial charge in [0.25, 0.3) is 0 Å². The maximum atomic E-state index is 13.1. The lowest BCUT2D eigenvalue weighted by atomic mass is 9.83. The third-order valence-electron chi connectivity index (χ3n) is 7.18. The van der Waals surface area contributed by atoms with E-state index in [0.717, 1.165) is 42.3 Å². The Kier molecular flexibility index (Phi) is 13.3. The van der Waals surface area contributed by atoms with E-state index in [-0.39, 0.29) is 31.2 Å². The zero-order valence-corrected chi connectivity index (χ0v) is 23.2. The SMILES string of the molecule is CCCCCCCCCCNCC1(O)CCC(F)(F)CC1.CCCc1cc(C(=O)O)c(Cl)c2cc[nH]c12. The molecular weight excluding hydrogens is 498 g/mol. The Morgan fingerprint density at radius 2 is 1.65 bits per heavy atom. The van der Waals surface area contributed by atoms with E-state index in [1.165, 1.54) is 44.9 Å². The standard InChI is InChI=1S/C17H33F2NO.C12H12ClNO2/c1-2-3-4-5-6-7-8-9-14-20-15-16(21)10-12-17(18,19)13-11-16;1-2-3-7-6-9(12(15)16)10(13)8-4-5-14-11(7)8/h20-21H,2-15H2,1H3;4-6,14H,2-3H2,1H3,(H,15,16). The first kappa shape index (κ1) is 31.5. The summed E-state index contributed by atoms with van der Waals surface area (Å²) in [5, 5.41) is 23.6. The number of carbonyl (C=O) groups is 1. The van der Waals surface area contributed by atoms with Crippen molar-refractivity contribution in [2.75, 3.05) is 13.1 Å². The van der Waals surface area contributed by atoms with Gasteiger partial charge < -0.3 is 20.5 Å². The molecule has 0 aliphatic heterocycles. The number of alkyl halides is 2. The molecule has 1 aromatic carbocycles. The summed E-state index contributed by atoms with van der Waals surface area (Å²) in [5.74, 6) is -3.55. The fraction of sp³-hybridized carbons (Fsp3) is 0.690. The van der Waals surface area contributed by atoms with Crippen molar-refractivity contribution in [2.45, 2.75) is 115 Å². The highest BCUT2D eigenvalue weighted by Crippen LogP contribution is 2.38. The molecule has 1 fully saturated rings. The molecule has 0 amide bonds. The summed E-state index contributed by atoms with van der Waals surface area (Å²) in [7, 11) is 0. The predicted molar refractivity (Wildman–Crippen MR) is 148 cm³/mol. The summed E-state index contributed by atoms with van der Waals surface area (Å²) in [6, 6.07) is 3.47. The molecule has 0 unspecified atom stereocenters. The maximum Gasteiger partial charge on any atom is 0.337 e. The van der Waals surface area contributed by atoms with Gasteiger partial charge in [-0.25, -0.2) is 13.6 Å². The van der Waals surface area contributed by atoms with Crippen molar-refractivity contribution in [3.8, 4) is 0 Å². The lowest BCUT2D eigenvalue weighted by Crippen LogP contribution is -2.46. The highest BCUT2D eigenvalue weighted by atomic mass is 35.5. The van der Waals surface area contributed by atoms with Gasteiger partial charge in [0.15, 0.2) is 0 Å². The largest absolute Gasteiger partial charge is 0.478 e. The van der Waals surface area contributed by atoms with E-state index >= 15 is 0 Å². The second-order valence-corrected chi connectivity index (χ2v) is 10.8. The number of aliphatic hydroxyl groups is 1. The van der Waals surface area contributed by atoms with Crippen molar-refractivity contribution in [2.24, 2.45) is 0 Å². The van der Waals surface area contributed by atoms with Gasteiger partial charge in [-0.15, -0.1) is 0 Å². The van der Waals surface area contributed by atoms with Gasteiger partial charge in [-0.3, -0.25) is 0 Å². The number of carboxylic acids is 1. The molecule has 8 heteroatoms. The van der Waals surface area contributed by atoms with Crippen LogP contribution in [0.1, 0.15) is 113 Å². The number of aromatic carboxylic acids is 1. The van der Waals surface area contributed by atoms with E-state index in [1.54, 1.807) is 12.3 Å². The molecule has 1 aliphatic rings. The van der Waals surface area contributed by atoms with Crippen LogP contribution in [0.15, 0.2) is 18.3 Å². The number of nitrogens with one attached hydrogen (secondary N) is 2. The fourth-order valence-electron chi connectivity index (χ4n) is 4.86. The molecule has 2 aromatic rings. The number of rotatable bonds is 14. The van der Waals surface area contributed by atoms with Crippen molar-refractivity contribution >= 4 is 28.5 Å². The van der Waals surface area contributed by atoms with Gasteiger partial charge in [0.1, 0.15) is 0 Å². The van der Waals surface area contributed by atoms with Gasteiger partial charge in [0, 0.05) is 31.0 Å². The molecule has 0 saturated heterocycles. The first-order valence-corrected chi connectivity index (χ1v) is 14.3. The quantitative estimate of drug-likeness (QED) is 0.181. The minimum atomic E-state index is -2.57. The minimum Gasteiger partial charge on any atom is -0.478 e. The molecule has 0 bridgehead atoms. The van der Waals surface area contributed by atoms with Crippen molar-refractivity contribution in [1.29, 1.82) is 0 Å². The molecule has 1 heterocycles. The van der Waals surface area contributed by atoms with Crippen molar-refractivity contribution < 1.29 is 23.8 Å². The Labute approximate surface area is 225 Å². The number of benzene rings is 1. The van der Waals surface area contributed by atoms with Crippen LogP contribution in [0, 0.1) is 0 Å². The van der Waals surface area contributed by atoms with E-state index in [2.05, 4.69) is 24.1 Å². The summed E-state index contributed by atoms with van der Waals surface area (Å²) in [4.78, 5) is 14.2. The Morgan fingerprint density at radius 1 is 1.03 bits per heavy atom. The van der Waals surface area contributed by atoms with Crippen LogP contribution in [0.5, 0.6) is 0 Å². The van der Waals surface area contributed by atoms with Crippen molar-refractivity contribution in [3.05, 3.63) is 34.5 Å². The zero-order valence-electron chi connectivity index (χ0n) is 22.5. The van der Waals surface area contributed by atoms with E-state index in [9.17, 15) is 18.7 Å². The number of unbranched alkanes of at least 4 members (excludes halogenated alkanes) is 7. The molecule has 5 nitrogen and oxygen atoms in total. The van der Waals surface area contributed by atoms with E-state index in [1.807, 2.05) is 6.07 Å². The van der Waals surface area contributed by atoms with Crippen LogP contribution >= 0.6 is 11.6 Å². The summed E-state index contributed by atoms with van der Waals surface area (Å²) in [6.45, 7) is 5.63. The van der Waals surface area contributed by atoms with Crippen LogP contribution in [0.3, 0.4) is 0 Å². The molecule has 4 N–H and O–H groups in total. The van der Waals surface area contributed by atoms with Gasteiger partial charge in [0.2, 0.25) is 5.92 Å². The summed E-state index contributed by atoms with van der Waals surface area (Å²) < 4.78 is 26.1. The normalized spacial score (nSPS) is 16.4. The van der Waals surface area contributed by atoms with E-state index < -0.39 is 17.5 Å². The van der Waals surface area contributed by atoms with Gasteiger partial charge in [-0.1, -0.05) is 76.8 Å². The zero-order chi connectivity index (χ0) is 27.3. The van der Waals surface area contributed by atoms with Crippen LogP contribution in [0.25, 0.3) is 10.9 Å². The number of hydrogen-bond acceptors (Lipinski definition) is 3. The molecule has 1 saturated carbocycles. The highest BCUT2D eigenvalue weighted by molar-refractivity contribution is 6.38. The molecule has 0 atom stereocenters. The Bertz CT molecular complexity index is 954. The first-order chi connectivity index (χ1) is 17.6. The summed E-state index contributed by atoms with van der Waals surface area (Å²) in [5.41, 5.74) is 1.21. The number of fused-ring (bicyclic) bond motifs is 1. The first-order valence-electron chi connectivity index (χ1n) is 13.9. The lowest BCUT2D eigenvalue weighted by molar-refractivity contribution is -0.102. The van der Waals surface area contributed by atoms with Crippen LogP contribution in [0.4, 0.5) is 8.78 Å². The van der Waals surface area contributed by atoms with Crippen LogP contribution in [0.2, 0.25) is 5.02 Å². The van der Waals surface area contributed by atoms with Crippen molar-refractivity contribution in [3.63, 3.8) is 0 Å². The Balaban J connectivity index is 0.000000269. The number of halogens is 3. The Hall–Kier alpha value is -1.70. The summed E-state index contributed by atoms with van der Waals surface area (Å²) >= 11 is 6.05. The molecule has 0 spiro atoms. The number of H-pyrrole nitrogens is 1. The van der Waals surface area contributed by atoms with Crippen LogP contribution < -0.4 is 5.32 Å². The number of aromatic amines is 1. The van der Waals surface area contributed by atoms with Gasteiger partial charge in [0.05, 0.1) is 21.7 Å². The number of aromatic nitrogens is 1. The fourth-order valence-corrected chi connectivity index (χ4v) is 5.15. The molecule has 210 valence electrons. The molecule has 1 aromatic heterocycles. The second-order valence-electron chi connectivity index (χ2n) is 10.5. The maximum absolute atomic E-state index is 13.1. The van der Waals surface area contributed by atoms with Crippen LogP contribution in [-0.2, 0) is 6.42 Å². The van der Waals surface area contributed by atoms with Gasteiger partial charge in [-0.2, -0.15) is 0 Å². The molecule has 3 rings (SSSR count). The third kappa shape index (κ3) is 10.5. The molecular formula is C29H45ClF2N2O3. The second kappa shape index (κ2) is 15.6. The number of hydrogen-bond donors (Lipinski definition) is 4. The third-order valence-corrected chi connectivity index (χ3v) is 7.59. The lowest BCUT2D eigenvalue weighted by Gasteiger charge is -2.36. The highest BCUT2D eigenvalue weighted by Gasteiger charge is 2.41. The molecule has 37 heavy (non-hydrogen) atoms. The minimum absolute atomic E-state index is 0.178. The number of carboxylic acid groups (broad SMARTS) is 1. The van der Waals surface area contributed by atoms with E-state index in [0.29, 0.717) is 11.6 Å². The van der Waals surface area contributed by atoms with Crippen LogP contribution in [-0.4, -0.2) is 45.8 Å².